The van der Waals surface area contributed by atoms with Gasteiger partial charge < -0.3 is 31.9 Å². The van der Waals surface area contributed by atoms with Gasteiger partial charge in [-0.3, -0.25) is 0 Å². The third kappa shape index (κ3) is 15.0. The van der Waals surface area contributed by atoms with Gasteiger partial charge in [-0.1, -0.05) is 137 Å². The van der Waals surface area contributed by atoms with Crippen molar-refractivity contribution in [2.24, 2.45) is 115 Å². The predicted molar refractivity (Wildman–Crippen MR) is 303 cm³/mol. The summed E-state index contributed by atoms with van der Waals surface area (Å²) in [5.41, 5.74) is 2.91. The molecule has 0 aromatic rings. The summed E-state index contributed by atoms with van der Waals surface area (Å²) in [4.78, 5) is 0. The Morgan fingerprint density at radius 2 is 0.729 bits per heavy atom. The van der Waals surface area contributed by atoms with E-state index in [4.69, 9.17) is 0 Å². The van der Waals surface area contributed by atoms with Crippen LogP contribution in [0.3, 0.4) is 0 Å². The molecule has 18 atom stereocenters. The molecule has 0 aromatic carbocycles. The summed E-state index contributed by atoms with van der Waals surface area (Å²) in [6.07, 6.45) is 20.6. The molecule has 12 fully saturated rings. The summed E-state index contributed by atoms with van der Waals surface area (Å²) in [6.45, 7) is 52.8. The average molecular weight is 976 g/mol. The Morgan fingerprint density at radius 1 is 0.257 bits per heavy atom. The van der Waals surface area contributed by atoms with Crippen molar-refractivity contribution >= 4 is 0 Å². The van der Waals surface area contributed by atoms with Crippen molar-refractivity contribution in [2.45, 2.75) is 239 Å². The van der Waals surface area contributed by atoms with Crippen LogP contribution in [0.15, 0.2) is 0 Å². The van der Waals surface area contributed by atoms with Crippen molar-refractivity contribution in [1.82, 2.24) is 31.9 Å². The van der Waals surface area contributed by atoms with E-state index in [1.807, 2.05) is 0 Å². The molecule has 6 aliphatic carbocycles. The first-order chi connectivity index (χ1) is 32.5. The quantitative estimate of drug-likeness (QED) is 0.145. The molecule has 0 spiro atoms. The first-order valence-corrected chi connectivity index (χ1v) is 30.8. The summed E-state index contributed by atoms with van der Waals surface area (Å²) in [5, 5.41) is 21.8. The van der Waals surface area contributed by atoms with Crippen LogP contribution in [-0.2, 0) is 0 Å². The molecule has 0 amide bonds. The van der Waals surface area contributed by atoms with Gasteiger partial charge in [0.15, 0.2) is 0 Å². The summed E-state index contributed by atoms with van der Waals surface area (Å²) < 4.78 is 0. The van der Waals surface area contributed by atoms with Crippen molar-refractivity contribution in [2.75, 3.05) is 52.4 Å². The summed E-state index contributed by atoms with van der Waals surface area (Å²) >= 11 is 0. The monoisotopic (exact) mass is 975 g/mol. The molecule has 12 aliphatic rings. The van der Waals surface area contributed by atoms with Crippen LogP contribution in [0.2, 0.25) is 0 Å². The molecular formula is C64H122N6. The second kappa shape index (κ2) is 22.8. The van der Waals surface area contributed by atoms with Crippen LogP contribution in [0.5, 0.6) is 0 Å². The van der Waals surface area contributed by atoms with Gasteiger partial charge in [0.05, 0.1) is 0 Å². The highest BCUT2D eigenvalue weighted by Gasteiger charge is 2.52. The highest BCUT2D eigenvalue weighted by Crippen LogP contribution is 2.51. The highest BCUT2D eigenvalue weighted by atomic mass is 15.0. The number of hydrogen-bond donors (Lipinski definition) is 6. The fraction of sp³-hybridized carbons (Fsp3) is 1.00. The van der Waals surface area contributed by atoms with Crippen molar-refractivity contribution in [3.63, 3.8) is 0 Å². The Bertz CT molecular complexity index is 1590. The van der Waals surface area contributed by atoms with Gasteiger partial charge in [0, 0.05) is 24.2 Å². The maximum Gasteiger partial charge on any atom is 0.0147 e. The van der Waals surface area contributed by atoms with Gasteiger partial charge in [0.2, 0.25) is 0 Å². The van der Waals surface area contributed by atoms with E-state index >= 15 is 0 Å². The van der Waals surface area contributed by atoms with Crippen molar-refractivity contribution in [3.8, 4) is 0 Å². The molecule has 6 saturated heterocycles. The van der Waals surface area contributed by atoms with E-state index < -0.39 is 0 Å². The van der Waals surface area contributed by atoms with E-state index in [-0.39, 0.29) is 0 Å². The SMILES string of the molecule is CC(C)(C)C1CC2CC2CN1.CC(C)(C)C1CC2CCC2CN1.CC(C)(C)C1CCC2CNCC21.CC(C)(C)C1CNCC2CCCCC21.CC(C)(C)C1NCC2CC21.CC(C)(C)C1NCC2CCC21. The Hall–Kier alpha value is -0.240. The van der Waals surface area contributed by atoms with Gasteiger partial charge in [0.25, 0.3) is 0 Å². The molecule has 6 heterocycles. The van der Waals surface area contributed by atoms with Crippen LogP contribution < -0.4 is 31.9 Å². The smallest absolute Gasteiger partial charge is 0.0147 e. The third-order valence-electron chi connectivity index (χ3n) is 21.7. The summed E-state index contributed by atoms with van der Waals surface area (Å²) in [5.74, 6) is 14.2. The lowest BCUT2D eigenvalue weighted by atomic mass is 9.62. The van der Waals surface area contributed by atoms with Crippen LogP contribution >= 0.6 is 0 Å². The lowest BCUT2D eigenvalue weighted by Gasteiger charge is -2.48. The number of nitrogens with one attached hydrogen (secondary N) is 6. The Labute approximate surface area is 436 Å². The lowest BCUT2D eigenvalue weighted by molar-refractivity contribution is 0.0465. The maximum absolute atomic E-state index is 3.69. The molecule has 0 bridgehead atoms. The summed E-state index contributed by atoms with van der Waals surface area (Å²) in [7, 11) is 0. The molecule has 0 aromatic heterocycles. The van der Waals surface area contributed by atoms with Gasteiger partial charge >= 0.3 is 0 Å². The average Bonchev–Trinajstić information content (AvgIpc) is 3.92. The Morgan fingerprint density at radius 3 is 1.17 bits per heavy atom. The second-order valence-corrected chi connectivity index (χ2v) is 33.1. The van der Waals surface area contributed by atoms with Crippen LogP contribution in [0.25, 0.3) is 0 Å². The Kier molecular flexibility index (Phi) is 18.7. The molecule has 18 unspecified atom stereocenters. The fourth-order valence-electron chi connectivity index (χ4n) is 16.5. The van der Waals surface area contributed by atoms with Gasteiger partial charge in [-0.15, -0.1) is 0 Å². The zero-order chi connectivity index (χ0) is 51.2. The van der Waals surface area contributed by atoms with Crippen LogP contribution in [0.4, 0.5) is 0 Å². The normalized spacial score (nSPS) is 42.3. The minimum atomic E-state index is 0.459. The van der Waals surface area contributed by atoms with Crippen LogP contribution in [0, 0.1) is 115 Å². The number of piperidine rings is 4. The molecule has 6 N–H and O–H groups in total. The molecule has 0 radical (unpaired) electrons. The standard InChI is InChI=1S/C13H25N.2C11H21N.2C10H19N.C9H17N/c1-13(2,3)12-9-14-8-10-6-4-5-7-11(10)12;1-11(2,3)10-5-4-8-6-12-7-9(8)10;1-11(2,3)10-6-8-4-5-9(8)7-12-10;1-10(2,3)9-5-7-4-8(7)6-11-9;1-10(2,3)9-8-5-4-7(8)6-11-9;1-9(2,3)8-7-4-6(7)5-10-8/h10-12,14H,4-9H2,1-3H3;2*8-10,12H,4-7H2,1-3H3;2*7-9,11H,4-6H2,1-3H3;6-8,10H,4-5H2,1-3H3. The van der Waals surface area contributed by atoms with Gasteiger partial charge in [0.1, 0.15) is 0 Å². The number of rotatable bonds is 0. The van der Waals surface area contributed by atoms with Gasteiger partial charge in [-0.05, 0) is 245 Å². The zero-order valence-electron chi connectivity index (χ0n) is 49.9. The molecule has 6 heteroatoms. The molecule has 12 rings (SSSR count). The molecule has 70 heavy (non-hydrogen) atoms. The fourth-order valence-corrected chi connectivity index (χ4v) is 16.5. The van der Waals surface area contributed by atoms with Crippen LogP contribution in [0.1, 0.15) is 215 Å². The topological polar surface area (TPSA) is 72.2 Å². The molecule has 6 nitrogen and oxygen atoms in total. The van der Waals surface area contributed by atoms with Crippen molar-refractivity contribution in [1.29, 1.82) is 0 Å². The Balaban J connectivity index is 0.000000124. The second-order valence-electron chi connectivity index (χ2n) is 33.1. The first-order valence-electron chi connectivity index (χ1n) is 30.8. The van der Waals surface area contributed by atoms with E-state index in [2.05, 4.69) is 157 Å². The number of fused-ring (bicyclic) bond motifs is 6. The molecule has 6 aliphatic heterocycles. The van der Waals surface area contributed by atoms with E-state index in [0.29, 0.717) is 32.5 Å². The minimum Gasteiger partial charge on any atom is -0.316 e. The zero-order valence-corrected chi connectivity index (χ0v) is 49.9. The number of hydrogen-bond acceptors (Lipinski definition) is 6. The molecular weight excluding hydrogens is 853 g/mol. The highest BCUT2D eigenvalue weighted by molar-refractivity contribution is 5.06. The largest absolute Gasteiger partial charge is 0.316 e. The van der Waals surface area contributed by atoms with E-state index in [9.17, 15) is 0 Å². The van der Waals surface area contributed by atoms with Gasteiger partial charge in [-0.25, -0.2) is 0 Å². The van der Waals surface area contributed by atoms with E-state index in [1.165, 1.54) is 142 Å². The lowest BCUT2D eigenvalue weighted by Crippen LogP contribution is -2.53. The predicted octanol–water partition coefficient (Wildman–Crippen LogP) is 13.5. The van der Waals surface area contributed by atoms with Crippen molar-refractivity contribution < 1.29 is 0 Å². The van der Waals surface area contributed by atoms with Gasteiger partial charge in [-0.2, -0.15) is 0 Å². The van der Waals surface area contributed by atoms with E-state index in [1.54, 1.807) is 0 Å². The molecule has 6 saturated carbocycles. The van der Waals surface area contributed by atoms with Crippen LogP contribution in [-0.4, -0.2) is 76.5 Å². The summed E-state index contributed by atoms with van der Waals surface area (Å²) in [6, 6.07) is 3.13. The maximum atomic E-state index is 3.69. The van der Waals surface area contributed by atoms with E-state index in [0.717, 1.165) is 107 Å². The molecule has 408 valence electrons. The minimum absolute atomic E-state index is 0.459. The third-order valence-corrected chi connectivity index (χ3v) is 21.7. The van der Waals surface area contributed by atoms with Crippen molar-refractivity contribution in [3.05, 3.63) is 0 Å². The first kappa shape index (κ1) is 57.5.